The largest absolute Gasteiger partial charge is 0.342 e. The number of anilines is 1. The minimum absolute atomic E-state index is 0.0806. The van der Waals surface area contributed by atoms with Crippen molar-refractivity contribution in [3.8, 4) is 22.4 Å². The predicted molar refractivity (Wildman–Crippen MR) is 121 cm³/mol. The number of piperidine rings is 1. The lowest BCUT2D eigenvalue weighted by molar-refractivity contribution is 0.490. The number of nitrogens with zero attached hydrogens (tertiary/aromatic N) is 4. The lowest BCUT2D eigenvalue weighted by Crippen LogP contribution is -2.42. The average molecular weight is 399 g/mol. The van der Waals surface area contributed by atoms with Crippen molar-refractivity contribution in [3.05, 3.63) is 75.9 Å². The minimum Gasteiger partial charge on any atom is -0.342 e. The van der Waals surface area contributed by atoms with Crippen molar-refractivity contribution in [2.75, 3.05) is 18.0 Å². The van der Waals surface area contributed by atoms with Crippen LogP contribution >= 0.6 is 0 Å². The highest BCUT2D eigenvalue weighted by Gasteiger charge is 2.24. The van der Waals surface area contributed by atoms with E-state index in [1.807, 2.05) is 43.3 Å². The van der Waals surface area contributed by atoms with E-state index in [2.05, 4.69) is 9.74 Å². The molecule has 30 heavy (non-hydrogen) atoms. The lowest BCUT2D eigenvalue weighted by atomic mass is 9.99. The summed E-state index contributed by atoms with van der Waals surface area (Å²) in [6.45, 7) is 10.8. The summed E-state index contributed by atoms with van der Waals surface area (Å²) in [5.74, 6) is 0.659. The Balaban J connectivity index is 1.92. The van der Waals surface area contributed by atoms with Crippen LogP contribution in [0.15, 0.2) is 53.3 Å². The molecule has 3 aromatic rings. The summed E-state index contributed by atoms with van der Waals surface area (Å²) < 4.78 is 1.64. The van der Waals surface area contributed by atoms with Gasteiger partial charge in [-0.2, -0.15) is 0 Å². The Kier molecular flexibility index (Phi) is 5.39. The van der Waals surface area contributed by atoms with E-state index in [-0.39, 0.29) is 11.6 Å². The Hall–Kier alpha value is -3.43. The molecule has 4 rings (SSSR count). The summed E-state index contributed by atoms with van der Waals surface area (Å²) in [6.07, 6.45) is 1.76. The van der Waals surface area contributed by atoms with Gasteiger partial charge in [-0.05, 0) is 30.9 Å². The van der Waals surface area contributed by atoms with Crippen LogP contribution in [0.4, 0.5) is 11.6 Å². The normalized spacial score (nSPS) is 14.5. The Labute approximate surface area is 176 Å². The average Bonchev–Trinajstić information content (AvgIpc) is 2.77. The van der Waals surface area contributed by atoms with Gasteiger partial charge in [0.05, 0.1) is 17.8 Å². The first-order valence-electron chi connectivity index (χ1n) is 10.1. The molecule has 6 nitrogen and oxygen atoms in total. The molecule has 1 saturated heterocycles. The van der Waals surface area contributed by atoms with Crippen LogP contribution in [0.5, 0.6) is 0 Å². The van der Waals surface area contributed by atoms with E-state index >= 15 is 0 Å². The molecule has 0 spiro atoms. The van der Waals surface area contributed by atoms with Crippen molar-refractivity contribution in [2.24, 2.45) is 12.8 Å². The van der Waals surface area contributed by atoms with Gasteiger partial charge >= 0.3 is 0 Å². The molecule has 2 heterocycles. The van der Waals surface area contributed by atoms with E-state index in [9.17, 15) is 4.79 Å². The van der Waals surface area contributed by atoms with E-state index in [0.717, 1.165) is 42.6 Å². The smallest absolute Gasteiger partial charge is 0.263 e. The predicted octanol–water partition coefficient (Wildman–Crippen LogP) is 3.90. The summed E-state index contributed by atoms with van der Waals surface area (Å²) in [5, 5.41) is 0. The van der Waals surface area contributed by atoms with E-state index < -0.39 is 0 Å². The van der Waals surface area contributed by atoms with Crippen LogP contribution in [0, 0.1) is 13.5 Å². The van der Waals surface area contributed by atoms with Gasteiger partial charge in [-0.3, -0.25) is 9.36 Å². The standard InChI is InChI=1S/C24H25N5O/c1-16-4-6-17(7-5-16)21-22(18-8-10-20(26-2)11-9-18)27-24(28(3)23(21)30)29-14-12-19(25)13-15-29/h4-11,19H,12-15,25H2,1,3H3. The van der Waals surface area contributed by atoms with Crippen molar-refractivity contribution in [1.82, 2.24) is 9.55 Å². The highest BCUT2D eigenvalue weighted by molar-refractivity contribution is 5.81. The highest BCUT2D eigenvalue weighted by atomic mass is 16.1. The molecule has 0 saturated carbocycles. The van der Waals surface area contributed by atoms with E-state index in [1.54, 1.807) is 23.7 Å². The molecule has 0 radical (unpaired) electrons. The maximum atomic E-state index is 13.5. The highest BCUT2D eigenvalue weighted by Crippen LogP contribution is 2.31. The minimum atomic E-state index is -0.0806. The maximum absolute atomic E-state index is 13.5. The third-order valence-electron chi connectivity index (χ3n) is 5.70. The Morgan fingerprint density at radius 2 is 1.63 bits per heavy atom. The van der Waals surface area contributed by atoms with Crippen molar-refractivity contribution in [2.45, 2.75) is 25.8 Å². The summed E-state index contributed by atoms with van der Waals surface area (Å²) in [7, 11) is 1.78. The third-order valence-corrected chi connectivity index (χ3v) is 5.70. The molecule has 1 aliphatic rings. The molecule has 2 N–H and O–H groups in total. The van der Waals surface area contributed by atoms with Crippen molar-refractivity contribution in [1.29, 1.82) is 0 Å². The summed E-state index contributed by atoms with van der Waals surface area (Å²) in [4.78, 5) is 24.1. The van der Waals surface area contributed by atoms with Crippen LogP contribution in [0.25, 0.3) is 27.2 Å². The zero-order valence-electron chi connectivity index (χ0n) is 17.3. The molecule has 2 aromatic carbocycles. The zero-order chi connectivity index (χ0) is 21.3. The Bertz CT molecular complexity index is 1150. The van der Waals surface area contributed by atoms with Gasteiger partial charge in [-0.1, -0.05) is 54.1 Å². The molecule has 0 amide bonds. The van der Waals surface area contributed by atoms with Crippen LogP contribution in [-0.2, 0) is 7.05 Å². The molecule has 1 aliphatic heterocycles. The van der Waals surface area contributed by atoms with Crippen LogP contribution < -0.4 is 16.2 Å². The van der Waals surface area contributed by atoms with Crippen LogP contribution in [0.2, 0.25) is 0 Å². The molecule has 0 unspecified atom stereocenters. The molecular formula is C24H25N5O. The SMILES string of the molecule is [C-]#[N+]c1ccc(-c2nc(N3CCC(N)CC3)n(C)c(=O)c2-c2ccc(C)cc2)cc1. The van der Waals surface area contributed by atoms with E-state index in [1.165, 1.54) is 0 Å². The fourth-order valence-corrected chi connectivity index (χ4v) is 3.86. The molecule has 6 heteroatoms. The monoisotopic (exact) mass is 399 g/mol. The van der Waals surface area contributed by atoms with E-state index in [0.29, 0.717) is 22.9 Å². The lowest BCUT2D eigenvalue weighted by Gasteiger charge is -2.32. The first-order chi connectivity index (χ1) is 14.5. The van der Waals surface area contributed by atoms with Gasteiger partial charge in [-0.25, -0.2) is 9.83 Å². The molecular weight excluding hydrogens is 374 g/mol. The van der Waals surface area contributed by atoms with Gasteiger partial charge in [0.1, 0.15) is 0 Å². The van der Waals surface area contributed by atoms with Crippen molar-refractivity contribution in [3.63, 3.8) is 0 Å². The number of benzene rings is 2. The zero-order valence-corrected chi connectivity index (χ0v) is 17.3. The topological polar surface area (TPSA) is 68.5 Å². The van der Waals surface area contributed by atoms with Gasteiger partial charge in [0.25, 0.3) is 5.56 Å². The van der Waals surface area contributed by atoms with Gasteiger partial charge < -0.3 is 10.6 Å². The van der Waals surface area contributed by atoms with Crippen molar-refractivity contribution >= 4 is 11.6 Å². The maximum Gasteiger partial charge on any atom is 0.263 e. The third kappa shape index (κ3) is 3.72. The first kappa shape index (κ1) is 19.9. The number of aryl methyl sites for hydroxylation is 1. The number of nitrogens with two attached hydrogens (primary N) is 1. The Morgan fingerprint density at radius 3 is 2.23 bits per heavy atom. The van der Waals surface area contributed by atoms with Crippen molar-refractivity contribution < 1.29 is 0 Å². The molecule has 152 valence electrons. The molecule has 1 fully saturated rings. The summed E-state index contributed by atoms with van der Waals surface area (Å²) >= 11 is 0. The molecule has 0 bridgehead atoms. The second kappa shape index (κ2) is 8.13. The molecule has 1 aromatic heterocycles. The fraction of sp³-hybridized carbons (Fsp3) is 0.292. The van der Waals surface area contributed by atoms with Gasteiger partial charge in [0.15, 0.2) is 5.69 Å². The second-order valence-corrected chi connectivity index (χ2v) is 7.85. The second-order valence-electron chi connectivity index (χ2n) is 7.85. The van der Waals surface area contributed by atoms with Gasteiger partial charge in [0.2, 0.25) is 5.95 Å². The number of hydrogen-bond donors (Lipinski definition) is 1. The van der Waals surface area contributed by atoms with Crippen LogP contribution in [0.1, 0.15) is 18.4 Å². The van der Waals surface area contributed by atoms with Gasteiger partial charge in [0, 0.05) is 26.2 Å². The molecule has 0 aliphatic carbocycles. The van der Waals surface area contributed by atoms with Gasteiger partial charge in [-0.15, -0.1) is 0 Å². The summed E-state index contributed by atoms with van der Waals surface area (Å²) in [5.41, 5.74) is 10.6. The fourth-order valence-electron chi connectivity index (χ4n) is 3.86. The quantitative estimate of drug-likeness (QED) is 0.678. The molecule has 0 atom stereocenters. The number of aromatic nitrogens is 2. The Morgan fingerprint density at radius 1 is 1.03 bits per heavy atom. The van der Waals surface area contributed by atoms with Crippen LogP contribution in [-0.4, -0.2) is 28.7 Å². The van der Waals surface area contributed by atoms with E-state index in [4.69, 9.17) is 17.3 Å². The van der Waals surface area contributed by atoms with Crippen LogP contribution in [0.3, 0.4) is 0 Å². The first-order valence-corrected chi connectivity index (χ1v) is 10.1. The summed E-state index contributed by atoms with van der Waals surface area (Å²) in [6, 6.07) is 15.4. The number of hydrogen-bond acceptors (Lipinski definition) is 4. The number of rotatable bonds is 3.